The number of fused-ring (bicyclic) bond motifs is 1. The van der Waals surface area contributed by atoms with Crippen LogP contribution in [0.3, 0.4) is 0 Å². The Hall–Kier alpha value is -2.96. The predicted octanol–water partition coefficient (Wildman–Crippen LogP) is 2.29. The van der Waals surface area contributed by atoms with Crippen LogP contribution in [0, 0.1) is 0 Å². The van der Waals surface area contributed by atoms with Crippen LogP contribution < -0.4 is 21.1 Å². The number of nitrogens with zero attached hydrogens (tertiary/aromatic N) is 3. The van der Waals surface area contributed by atoms with Crippen molar-refractivity contribution in [1.82, 2.24) is 24.6 Å². The Morgan fingerprint density at radius 1 is 1.39 bits per heavy atom. The molecule has 196 valence electrons. The molecule has 3 aromatic rings. The number of H-pyrrole nitrogens is 1. The maximum absolute atomic E-state index is 13.6. The van der Waals surface area contributed by atoms with Gasteiger partial charge in [0.2, 0.25) is 5.95 Å². The minimum atomic E-state index is -3.69. The summed E-state index contributed by atoms with van der Waals surface area (Å²) in [4.78, 5) is 34.5. The highest BCUT2D eigenvalue weighted by atomic mass is 35.5. The molecule has 0 fully saturated rings. The van der Waals surface area contributed by atoms with Crippen LogP contribution in [0.2, 0.25) is 5.02 Å². The van der Waals surface area contributed by atoms with Crippen molar-refractivity contribution in [2.24, 2.45) is 0 Å². The van der Waals surface area contributed by atoms with Crippen LogP contribution in [0.4, 0.5) is 5.95 Å². The third-order valence-corrected chi connectivity index (χ3v) is 7.06. The van der Waals surface area contributed by atoms with Gasteiger partial charge < -0.3 is 29.0 Å². The minimum absolute atomic E-state index is 0.0381. The van der Waals surface area contributed by atoms with Gasteiger partial charge in [-0.05, 0) is 31.5 Å². The molecule has 15 heteroatoms. The smallest absolute Gasteiger partial charge is 0.323 e. The summed E-state index contributed by atoms with van der Waals surface area (Å²) in [5.74, 6) is -0.123. The normalized spacial score (nSPS) is 13.9. The number of rotatable bonds is 13. The van der Waals surface area contributed by atoms with E-state index in [1.54, 1.807) is 29.7 Å². The lowest BCUT2D eigenvalue weighted by molar-refractivity contribution is -0.144. The number of imidazole rings is 1. The van der Waals surface area contributed by atoms with E-state index in [1.165, 1.54) is 20.4 Å². The molecule has 0 aliphatic carbocycles. The number of aromatic amines is 1. The van der Waals surface area contributed by atoms with E-state index in [4.69, 9.17) is 36.1 Å². The monoisotopic (exact) mass is 542 g/mol. The maximum Gasteiger partial charge on any atom is 0.323 e. The standard InChI is InChI=1S/C21H28ClN6O7P/c1-4-34-20(30)13(2)27-36(31,35-10-14-5-6-16(32-3)15(22)9-14)12-33-8-7-28-11-24-17-18(28)25-21(23)26-19(17)29/h5-6,9,11,13H,4,7-8,10,12H2,1-3H3,(H,27,31)(H3,23,25,26,29). The summed E-state index contributed by atoms with van der Waals surface area (Å²) in [5.41, 5.74) is 6.24. The van der Waals surface area contributed by atoms with Crippen LogP contribution in [0.25, 0.3) is 11.2 Å². The first-order valence-corrected chi connectivity index (χ1v) is 13.1. The molecule has 2 heterocycles. The maximum atomic E-state index is 13.6. The van der Waals surface area contributed by atoms with Gasteiger partial charge in [-0.25, -0.2) is 10.1 Å². The number of nitrogens with two attached hydrogens (primary N) is 1. The Labute approximate surface area is 211 Å². The van der Waals surface area contributed by atoms with Gasteiger partial charge in [0.15, 0.2) is 11.2 Å². The molecular weight excluding hydrogens is 515 g/mol. The Morgan fingerprint density at radius 2 is 2.17 bits per heavy atom. The fourth-order valence-corrected chi connectivity index (χ4v) is 5.11. The molecule has 0 bridgehead atoms. The second-order valence-corrected chi connectivity index (χ2v) is 10.1. The fourth-order valence-electron chi connectivity index (χ4n) is 3.19. The molecule has 0 saturated heterocycles. The van der Waals surface area contributed by atoms with E-state index < -0.39 is 25.1 Å². The molecule has 0 aliphatic rings. The van der Waals surface area contributed by atoms with Gasteiger partial charge in [0, 0.05) is 6.54 Å². The van der Waals surface area contributed by atoms with Gasteiger partial charge in [-0.3, -0.25) is 19.1 Å². The molecule has 2 atom stereocenters. The molecule has 4 N–H and O–H groups in total. The van der Waals surface area contributed by atoms with Crippen LogP contribution in [0.5, 0.6) is 5.75 Å². The van der Waals surface area contributed by atoms with Crippen molar-refractivity contribution in [2.45, 2.75) is 33.0 Å². The summed E-state index contributed by atoms with van der Waals surface area (Å²) in [6.07, 6.45) is 1.09. The van der Waals surface area contributed by atoms with E-state index in [0.29, 0.717) is 22.0 Å². The van der Waals surface area contributed by atoms with E-state index in [-0.39, 0.29) is 44.2 Å². The Bertz CT molecular complexity index is 1310. The SMILES string of the molecule is CCOC(=O)C(C)NP(=O)(COCCn1cnc2c(=O)[nH]c(N)nc21)OCc1ccc(OC)c(Cl)c1. The number of nitrogens with one attached hydrogen (secondary N) is 2. The lowest BCUT2D eigenvalue weighted by Gasteiger charge is -2.23. The summed E-state index contributed by atoms with van der Waals surface area (Å²) in [5, 5.41) is 3.08. The average Bonchev–Trinajstić information content (AvgIpc) is 3.24. The third kappa shape index (κ3) is 7.05. The number of nitrogen functional groups attached to an aromatic ring is 1. The van der Waals surface area contributed by atoms with Crippen molar-refractivity contribution in [3.63, 3.8) is 0 Å². The summed E-state index contributed by atoms with van der Waals surface area (Å²) in [6, 6.07) is 4.11. The van der Waals surface area contributed by atoms with Crippen LogP contribution in [0.15, 0.2) is 29.3 Å². The molecule has 0 amide bonds. The highest BCUT2D eigenvalue weighted by Crippen LogP contribution is 2.44. The topological polar surface area (TPSA) is 173 Å². The molecular formula is C21H28ClN6O7P. The van der Waals surface area contributed by atoms with Crippen LogP contribution in [-0.2, 0) is 36.5 Å². The van der Waals surface area contributed by atoms with Gasteiger partial charge in [-0.1, -0.05) is 17.7 Å². The molecule has 3 rings (SSSR count). The van der Waals surface area contributed by atoms with Gasteiger partial charge in [0.25, 0.3) is 13.1 Å². The second kappa shape index (κ2) is 12.3. The molecule has 2 aromatic heterocycles. The highest BCUT2D eigenvalue weighted by molar-refractivity contribution is 7.56. The Morgan fingerprint density at radius 3 is 2.86 bits per heavy atom. The molecule has 0 spiro atoms. The first-order chi connectivity index (χ1) is 17.2. The van der Waals surface area contributed by atoms with Gasteiger partial charge in [-0.15, -0.1) is 0 Å². The quantitative estimate of drug-likeness (QED) is 0.164. The summed E-state index contributed by atoms with van der Waals surface area (Å²) in [7, 11) is -2.19. The van der Waals surface area contributed by atoms with Gasteiger partial charge >= 0.3 is 5.97 Å². The van der Waals surface area contributed by atoms with Crippen molar-refractivity contribution < 1.29 is 28.1 Å². The van der Waals surface area contributed by atoms with Crippen LogP contribution in [0.1, 0.15) is 19.4 Å². The molecule has 36 heavy (non-hydrogen) atoms. The summed E-state index contributed by atoms with van der Waals surface area (Å²) >= 11 is 6.16. The van der Waals surface area contributed by atoms with Crippen LogP contribution >= 0.6 is 19.1 Å². The molecule has 0 saturated carbocycles. The largest absolute Gasteiger partial charge is 0.495 e. The van der Waals surface area contributed by atoms with E-state index >= 15 is 0 Å². The number of ether oxygens (including phenoxy) is 3. The number of methoxy groups -OCH3 is 1. The third-order valence-electron chi connectivity index (χ3n) is 4.92. The zero-order chi connectivity index (χ0) is 26.3. The number of esters is 1. The number of carbonyl (C=O) groups excluding carboxylic acids is 1. The molecule has 1 aromatic carbocycles. The number of halogens is 1. The van der Waals surface area contributed by atoms with Crippen molar-refractivity contribution >= 4 is 42.2 Å². The zero-order valence-electron chi connectivity index (χ0n) is 20.0. The number of hydrogen-bond donors (Lipinski definition) is 3. The Kier molecular flexibility index (Phi) is 9.46. The number of aromatic nitrogens is 4. The van der Waals surface area contributed by atoms with E-state index in [0.717, 1.165) is 0 Å². The van der Waals surface area contributed by atoms with E-state index in [9.17, 15) is 14.2 Å². The van der Waals surface area contributed by atoms with Crippen molar-refractivity contribution in [3.8, 4) is 5.75 Å². The van der Waals surface area contributed by atoms with Gasteiger partial charge in [-0.2, -0.15) is 4.98 Å². The lowest BCUT2D eigenvalue weighted by atomic mass is 10.2. The summed E-state index contributed by atoms with van der Waals surface area (Å²) < 4.78 is 36.6. The number of anilines is 1. The lowest BCUT2D eigenvalue weighted by Crippen LogP contribution is -2.34. The first-order valence-electron chi connectivity index (χ1n) is 10.9. The number of benzene rings is 1. The van der Waals surface area contributed by atoms with Gasteiger partial charge in [0.05, 0.1) is 38.3 Å². The fraction of sp³-hybridized carbons (Fsp3) is 0.429. The molecule has 0 aliphatic heterocycles. The van der Waals surface area contributed by atoms with Crippen molar-refractivity contribution in [2.75, 3.05) is 32.4 Å². The zero-order valence-corrected chi connectivity index (χ0v) is 21.7. The number of carbonyl (C=O) groups is 1. The van der Waals surface area contributed by atoms with Crippen LogP contribution in [-0.4, -0.2) is 58.2 Å². The van der Waals surface area contributed by atoms with Gasteiger partial charge in [0.1, 0.15) is 18.1 Å². The minimum Gasteiger partial charge on any atom is -0.495 e. The van der Waals surface area contributed by atoms with Crippen molar-refractivity contribution in [1.29, 1.82) is 0 Å². The molecule has 13 nitrogen and oxygen atoms in total. The second-order valence-electron chi connectivity index (χ2n) is 7.62. The van der Waals surface area contributed by atoms with E-state index in [2.05, 4.69) is 20.0 Å². The predicted molar refractivity (Wildman–Crippen MR) is 133 cm³/mol. The molecule has 2 unspecified atom stereocenters. The number of hydrogen-bond acceptors (Lipinski definition) is 10. The summed E-state index contributed by atoms with van der Waals surface area (Å²) in [6.45, 7) is 3.63. The Balaban J connectivity index is 1.66. The molecule has 0 radical (unpaired) electrons. The van der Waals surface area contributed by atoms with Crippen molar-refractivity contribution in [3.05, 3.63) is 45.5 Å². The average molecular weight is 543 g/mol. The van der Waals surface area contributed by atoms with E-state index in [1.807, 2.05) is 0 Å². The highest BCUT2D eigenvalue weighted by Gasteiger charge is 2.29. The first kappa shape index (κ1) is 27.6.